The Bertz CT molecular complexity index is 893. The minimum absolute atomic E-state index is 0.387. The Labute approximate surface area is 152 Å². The number of aromatic nitrogens is 5. The van der Waals surface area contributed by atoms with Gasteiger partial charge in [0.1, 0.15) is 35.2 Å². The minimum atomic E-state index is -1.19. The van der Waals surface area contributed by atoms with E-state index in [2.05, 4.69) is 19.9 Å². The van der Waals surface area contributed by atoms with Crippen molar-refractivity contribution in [1.29, 1.82) is 0 Å². The number of rotatable bonds is 5. The second-order valence-electron chi connectivity index (χ2n) is 5.84. The van der Waals surface area contributed by atoms with Gasteiger partial charge < -0.3 is 20.1 Å². The molecule has 10 heteroatoms. The van der Waals surface area contributed by atoms with Gasteiger partial charge in [0.05, 0.1) is 18.6 Å². The van der Waals surface area contributed by atoms with Gasteiger partial charge in [0.2, 0.25) is 0 Å². The minimum Gasteiger partial charge on any atom is -0.394 e. The first-order valence-electron chi connectivity index (χ1n) is 8.01. The van der Waals surface area contributed by atoms with E-state index in [9.17, 15) is 15.3 Å². The molecule has 3 N–H and O–H groups in total. The lowest BCUT2D eigenvalue weighted by atomic mass is 10.1. The van der Waals surface area contributed by atoms with E-state index in [1.165, 1.54) is 24.4 Å². The van der Waals surface area contributed by atoms with Crippen LogP contribution >= 0.6 is 11.8 Å². The summed E-state index contributed by atoms with van der Waals surface area (Å²) in [7, 11) is 0. The van der Waals surface area contributed by atoms with Gasteiger partial charge in [-0.05, 0) is 12.1 Å². The van der Waals surface area contributed by atoms with Gasteiger partial charge in [-0.25, -0.2) is 15.0 Å². The third-order valence-corrected chi connectivity index (χ3v) is 5.21. The van der Waals surface area contributed by atoms with Crippen LogP contribution in [0.2, 0.25) is 0 Å². The van der Waals surface area contributed by atoms with Crippen molar-refractivity contribution in [3.05, 3.63) is 42.7 Å². The summed E-state index contributed by atoms with van der Waals surface area (Å²) in [6, 6.07) is 5.72. The van der Waals surface area contributed by atoms with Crippen LogP contribution in [0.1, 0.15) is 11.9 Å². The molecule has 136 valence electrons. The van der Waals surface area contributed by atoms with Crippen LogP contribution in [-0.2, 0) is 10.5 Å². The van der Waals surface area contributed by atoms with E-state index in [1.807, 2.05) is 18.2 Å². The van der Waals surface area contributed by atoms with E-state index in [-0.39, 0.29) is 6.61 Å². The van der Waals surface area contributed by atoms with Gasteiger partial charge in [-0.1, -0.05) is 17.8 Å². The zero-order valence-electron chi connectivity index (χ0n) is 13.6. The van der Waals surface area contributed by atoms with E-state index >= 15 is 0 Å². The zero-order chi connectivity index (χ0) is 18.1. The number of imidazole rings is 1. The summed E-state index contributed by atoms with van der Waals surface area (Å²) in [6.45, 7) is -0.387. The van der Waals surface area contributed by atoms with E-state index in [4.69, 9.17) is 4.74 Å². The number of hydrogen-bond donors (Lipinski definition) is 3. The van der Waals surface area contributed by atoms with Crippen molar-refractivity contribution in [3.63, 3.8) is 0 Å². The van der Waals surface area contributed by atoms with Crippen LogP contribution in [0.25, 0.3) is 11.2 Å². The summed E-state index contributed by atoms with van der Waals surface area (Å²) in [5, 5.41) is 30.1. The SMILES string of the molecule is OC[C@@H]1O[C@H](n2cnc3c(SCc4ccccn4)ncnc32)[C@@H](O)[C@@H]1O. The first kappa shape index (κ1) is 17.3. The molecule has 0 aliphatic carbocycles. The molecule has 0 bridgehead atoms. The Morgan fingerprint density at radius 1 is 1.12 bits per heavy atom. The van der Waals surface area contributed by atoms with Crippen LogP contribution in [0.3, 0.4) is 0 Å². The lowest BCUT2D eigenvalue weighted by Crippen LogP contribution is -2.33. The van der Waals surface area contributed by atoms with Gasteiger partial charge in [0.15, 0.2) is 11.9 Å². The molecular weight excluding hydrogens is 358 g/mol. The normalized spacial score (nSPS) is 25.8. The second-order valence-corrected chi connectivity index (χ2v) is 6.81. The van der Waals surface area contributed by atoms with Gasteiger partial charge in [0, 0.05) is 11.9 Å². The molecule has 4 heterocycles. The Balaban J connectivity index is 1.61. The molecule has 4 rings (SSSR count). The van der Waals surface area contributed by atoms with E-state index in [0.29, 0.717) is 21.9 Å². The highest BCUT2D eigenvalue weighted by atomic mass is 32.2. The fourth-order valence-corrected chi connectivity index (χ4v) is 3.72. The van der Waals surface area contributed by atoms with Crippen LogP contribution < -0.4 is 0 Å². The number of thioether (sulfide) groups is 1. The highest BCUT2D eigenvalue weighted by molar-refractivity contribution is 7.98. The van der Waals surface area contributed by atoms with E-state index < -0.39 is 24.5 Å². The van der Waals surface area contributed by atoms with E-state index in [0.717, 1.165) is 5.69 Å². The van der Waals surface area contributed by atoms with Crippen LogP contribution in [0.4, 0.5) is 0 Å². The summed E-state index contributed by atoms with van der Waals surface area (Å²) in [6.07, 6.45) is 0.545. The lowest BCUT2D eigenvalue weighted by Gasteiger charge is -2.16. The van der Waals surface area contributed by atoms with Crippen LogP contribution in [0.5, 0.6) is 0 Å². The molecule has 0 spiro atoms. The third-order valence-electron chi connectivity index (χ3n) is 4.20. The first-order valence-corrected chi connectivity index (χ1v) is 9.00. The number of aliphatic hydroxyl groups is 3. The lowest BCUT2D eigenvalue weighted by molar-refractivity contribution is -0.0511. The number of hydrogen-bond acceptors (Lipinski definition) is 9. The van der Waals surface area contributed by atoms with Gasteiger partial charge >= 0.3 is 0 Å². The Kier molecular flexibility index (Phi) is 4.83. The molecule has 0 radical (unpaired) electrons. The van der Waals surface area contributed by atoms with Crippen molar-refractivity contribution in [2.45, 2.75) is 35.3 Å². The largest absolute Gasteiger partial charge is 0.394 e. The summed E-state index contributed by atoms with van der Waals surface area (Å²) in [5.74, 6) is 0.633. The fraction of sp³-hybridized carbons (Fsp3) is 0.375. The summed E-state index contributed by atoms with van der Waals surface area (Å²) < 4.78 is 7.10. The molecule has 0 aromatic carbocycles. The molecule has 0 unspecified atom stereocenters. The molecule has 9 nitrogen and oxygen atoms in total. The number of fused-ring (bicyclic) bond motifs is 1. The molecule has 4 atom stereocenters. The molecule has 3 aromatic heterocycles. The molecule has 1 aliphatic heterocycles. The smallest absolute Gasteiger partial charge is 0.166 e. The highest BCUT2D eigenvalue weighted by Crippen LogP contribution is 2.33. The Morgan fingerprint density at radius 3 is 2.73 bits per heavy atom. The first-order chi connectivity index (χ1) is 12.7. The monoisotopic (exact) mass is 375 g/mol. The van der Waals surface area contributed by atoms with Crippen LogP contribution in [-0.4, -0.2) is 64.7 Å². The number of ether oxygens (including phenoxy) is 1. The van der Waals surface area contributed by atoms with Crippen LogP contribution in [0, 0.1) is 0 Å². The molecule has 0 saturated carbocycles. The average molecular weight is 375 g/mol. The topological polar surface area (TPSA) is 126 Å². The van der Waals surface area contributed by atoms with Crippen molar-refractivity contribution < 1.29 is 20.1 Å². The molecule has 1 saturated heterocycles. The van der Waals surface area contributed by atoms with Gasteiger partial charge in [0.25, 0.3) is 0 Å². The molecule has 1 fully saturated rings. The van der Waals surface area contributed by atoms with Crippen LogP contribution in [0.15, 0.2) is 42.1 Å². The maximum absolute atomic E-state index is 10.2. The molecule has 1 aliphatic rings. The second kappa shape index (κ2) is 7.25. The standard InChI is InChI=1S/C16H17N5O4S/c22-5-10-12(23)13(24)16(25-10)21-8-20-11-14(21)18-7-19-15(11)26-6-9-3-1-2-4-17-9/h1-4,7-8,10,12-13,16,22-24H,5-6H2/t10-,12+,13-,16-/m0/s1. The van der Waals surface area contributed by atoms with Gasteiger partial charge in [-0.3, -0.25) is 9.55 Å². The summed E-state index contributed by atoms with van der Waals surface area (Å²) in [5.41, 5.74) is 1.98. The molecule has 26 heavy (non-hydrogen) atoms. The fourth-order valence-electron chi connectivity index (χ4n) is 2.86. The molecule has 3 aromatic rings. The van der Waals surface area contributed by atoms with Crippen molar-refractivity contribution in [1.82, 2.24) is 24.5 Å². The number of aliphatic hydroxyl groups excluding tert-OH is 3. The number of nitrogens with zero attached hydrogens (tertiary/aromatic N) is 5. The molecular formula is C16H17N5O4S. The average Bonchev–Trinajstić information content (AvgIpc) is 3.23. The zero-order valence-corrected chi connectivity index (χ0v) is 14.4. The highest BCUT2D eigenvalue weighted by Gasteiger charge is 2.44. The predicted octanol–water partition coefficient (Wildman–Crippen LogP) is 0.125. The van der Waals surface area contributed by atoms with Crippen molar-refractivity contribution in [2.24, 2.45) is 0 Å². The summed E-state index contributed by atoms with van der Waals surface area (Å²) >= 11 is 1.48. The van der Waals surface area contributed by atoms with Crippen molar-refractivity contribution >= 4 is 22.9 Å². The van der Waals surface area contributed by atoms with Crippen molar-refractivity contribution in [2.75, 3.05) is 6.61 Å². The van der Waals surface area contributed by atoms with Gasteiger partial charge in [-0.15, -0.1) is 0 Å². The Hall–Kier alpha value is -2.11. The van der Waals surface area contributed by atoms with Crippen molar-refractivity contribution in [3.8, 4) is 0 Å². The predicted molar refractivity (Wildman–Crippen MR) is 92.1 cm³/mol. The molecule has 0 amide bonds. The third kappa shape index (κ3) is 3.06. The van der Waals surface area contributed by atoms with E-state index in [1.54, 1.807) is 10.8 Å². The Morgan fingerprint density at radius 2 is 2.00 bits per heavy atom. The number of pyridine rings is 1. The summed E-state index contributed by atoms with van der Waals surface area (Å²) in [4.78, 5) is 17.2. The van der Waals surface area contributed by atoms with Gasteiger partial charge in [-0.2, -0.15) is 0 Å². The maximum Gasteiger partial charge on any atom is 0.166 e. The maximum atomic E-state index is 10.2. The quantitative estimate of drug-likeness (QED) is 0.421.